The van der Waals surface area contributed by atoms with Gasteiger partial charge in [0.05, 0.1) is 25.6 Å². The third-order valence-corrected chi connectivity index (χ3v) is 3.82. The minimum absolute atomic E-state index is 0.0462. The van der Waals surface area contributed by atoms with E-state index in [9.17, 15) is 9.90 Å². The molecule has 0 spiro atoms. The zero-order chi connectivity index (χ0) is 16.6. The molecule has 0 radical (unpaired) electrons. The van der Waals surface area contributed by atoms with Gasteiger partial charge in [0, 0.05) is 19.3 Å². The minimum Gasteiger partial charge on any atom is -0.465 e. The summed E-state index contributed by atoms with van der Waals surface area (Å²) in [4.78, 5) is 23.2. The van der Waals surface area contributed by atoms with E-state index < -0.39 is 12.3 Å². The molecular formula is C13H18N6O4. The Labute approximate surface area is 131 Å². The second-order valence-corrected chi connectivity index (χ2v) is 5.40. The molecule has 0 unspecified atom stereocenters. The molecule has 3 heterocycles. The van der Waals surface area contributed by atoms with Crippen LogP contribution in [0.25, 0.3) is 11.2 Å². The third kappa shape index (κ3) is 2.90. The summed E-state index contributed by atoms with van der Waals surface area (Å²) in [7, 11) is 0. The molecule has 1 aliphatic rings. The molecule has 0 aliphatic carbocycles. The van der Waals surface area contributed by atoms with Crippen LogP contribution in [0.2, 0.25) is 0 Å². The Bertz CT molecular complexity index is 733. The second kappa shape index (κ2) is 5.97. The smallest absolute Gasteiger partial charge is 0.302 e. The number of hydrogen-bond acceptors (Lipinski definition) is 9. The normalized spacial score (nSPS) is 24.2. The maximum absolute atomic E-state index is 11.0. The van der Waals surface area contributed by atoms with Crippen LogP contribution in [-0.4, -0.2) is 49.9 Å². The summed E-state index contributed by atoms with van der Waals surface area (Å²) in [6.07, 6.45) is 1.23. The first kappa shape index (κ1) is 15.4. The molecule has 10 heteroatoms. The number of rotatable bonds is 4. The van der Waals surface area contributed by atoms with Crippen molar-refractivity contribution in [3.05, 3.63) is 6.33 Å². The van der Waals surface area contributed by atoms with E-state index in [0.717, 1.165) is 0 Å². The number of carbonyl (C=O) groups excluding carboxylic acids is 1. The Morgan fingerprint density at radius 3 is 3.00 bits per heavy atom. The Kier molecular flexibility index (Phi) is 4.01. The predicted molar refractivity (Wildman–Crippen MR) is 79.9 cm³/mol. The highest BCUT2D eigenvalue weighted by Crippen LogP contribution is 2.35. The van der Waals surface area contributed by atoms with Gasteiger partial charge in [0.1, 0.15) is 11.7 Å². The van der Waals surface area contributed by atoms with E-state index in [1.54, 1.807) is 10.9 Å². The van der Waals surface area contributed by atoms with Gasteiger partial charge in [-0.05, 0) is 0 Å². The first-order valence-corrected chi connectivity index (χ1v) is 7.14. The van der Waals surface area contributed by atoms with Crippen molar-refractivity contribution in [2.24, 2.45) is 5.92 Å². The van der Waals surface area contributed by atoms with Crippen LogP contribution < -0.4 is 11.5 Å². The average molecular weight is 322 g/mol. The number of carbonyl (C=O) groups is 1. The minimum atomic E-state index is -0.437. The largest absolute Gasteiger partial charge is 0.465 e. The molecule has 5 N–H and O–H groups in total. The number of nitrogen functional groups attached to an aromatic ring is 2. The van der Waals surface area contributed by atoms with Crippen molar-refractivity contribution in [1.82, 2.24) is 19.5 Å². The van der Waals surface area contributed by atoms with Crippen molar-refractivity contribution in [1.29, 1.82) is 0 Å². The van der Waals surface area contributed by atoms with Crippen molar-refractivity contribution in [2.75, 3.05) is 24.7 Å². The summed E-state index contributed by atoms with van der Waals surface area (Å²) in [6, 6.07) is 0. The van der Waals surface area contributed by atoms with Crippen molar-refractivity contribution < 1.29 is 19.4 Å². The first-order valence-electron chi connectivity index (χ1n) is 7.14. The summed E-state index contributed by atoms with van der Waals surface area (Å²) in [5.74, 6) is -0.251. The SMILES string of the molecule is CC(=O)OC[C@H]1C[C@H](n2cnc3c(N)nc(N)nc32)O[C@@H]1CO. The molecule has 0 bridgehead atoms. The van der Waals surface area contributed by atoms with Crippen LogP contribution in [-0.2, 0) is 14.3 Å². The van der Waals surface area contributed by atoms with Crippen LogP contribution in [0.3, 0.4) is 0 Å². The molecule has 0 amide bonds. The fourth-order valence-electron chi connectivity index (χ4n) is 2.72. The molecule has 1 fully saturated rings. The second-order valence-electron chi connectivity index (χ2n) is 5.40. The van der Waals surface area contributed by atoms with Crippen LogP contribution in [0.15, 0.2) is 6.33 Å². The van der Waals surface area contributed by atoms with Gasteiger partial charge < -0.3 is 26.0 Å². The number of hydrogen-bond donors (Lipinski definition) is 3. The highest BCUT2D eigenvalue weighted by molar-refractivity contribution is 5.82. The lowest BCUT2D eigenvalue weighted by Crippen LogP contribution is -2.25. The topological polar surface area (TPSA) is 151 Å². The van der Waals surface area contributed by atoms with E-state index in [4.69, 9.17) is 20.9 Å². The molecule has 10 nitrogen and oxygen atoms in total. The molecule has 1 aliphatic heterocycles. The molecular weight excluding hydrogens is 304 g/mol. The van der Waals surface area contributed by atoms with Crippen molar-refractivity contribution >= 4 is 28.9 Å². The zero-order valence-corrected chi connectivity index (χ0v) is 12.5. The molecule has 0 aromatic carbocycles. The number of ether oxygens (including phenoxy) is 2. The van der Waals surface area contributed by atoms with E-state index in [2.05, 4.69) is 15.0 Å². The van der Waals surface area contributed by atoms with E-state index in [1.165, 1.54) is 6.92 Å². The Balaban J connectivity index is 1.86. The number of fused-ring (bicyclic) bond motifs is 1. The van der Waals surface area contributed by atoms with E-state index in [-0.39, 0.29) is 36.9 Å². The Morgan fingerprint density at radius 2 is 2.30 bits per heavy atom. The Morgan fingerprint density at radius 1 is 1.52 bits per heavy atom. The molecule has 124 valence electrons. The van der Waals surface area contributed by atoms with Gasteiger partial charge in [-0.25, -0.2) is 4.98 Å². The molecule has 2 aromatic rings. The van der Waals surface area contributed by atoms with Crippen molar-refractivity contribution in [3.63, 3.8) is 0 Å². The number of aliphatic hydroxyl groups excluding tert-OH is 1. The lowest BCUT2D eigenvalue weighted by atomic mass is 10.0. The van der Waals surface area contributed by atoms with Gasteiger partial charge in [0.25, 0.3) is 0 Å². The average Bonchev–Trinajstić information content (AvgIpc) is 3.08. The molecule has 2 aromatic heterocycles. The number of esters is 1. The van der Waals surface area contributed by atoms with Gasteiger partial charge >= 0.3 is 5.97 Å². The Hall–Kier alpha value is -2.46. The maximum atomic E-state index is 11.0. The number of imidazole rings is 1. The van der Waals surface area contributed by atoms with Gasteiger partial charge in [-0.15, -0.1) is 0 Å². The van der Waals surface area contributed by atoms with Gasteiger partial charge in [0.2, 0.25) is 5.95 Å². The van der Waals surface area contributed by atoms with Crippen LogP contribution >= 0.6 is 0 Å². The zero-order valence-electron chi connectivity index (χ0n) is 12.5. The summed E-state index contributed by atoms with van der Waals surface area (Å²) >= 11 is 0. The van der Waals surface area contributed by atoms with Gasteiger partial charge in [-0.2, -0.15) is 9.97 Å². The summed E-state index contributed by atoms with van der Waals surface area (Å²) in [5.41, 5.74) is 12.3. The third-order valence-electron chi connectivity index (χ3n) is 3.82. The number of anilines is 2. The maximum Gasteiger partial charge on any atom is 0.302 e. The monoisotopic (exact) mass is 322 g/mol. The molecule has 0 saturated carbocycles. The molecule has 3 rings (SSSR count). The van der Waals surface area contributed by atoms with E-state index >= 15 is 0 Å². The predicted octanol–water partition coefficient (Wildman–Crippen LogP) is -0.550. The molecule has 23 heavy (non-hydrogen) atoms. The fourth-order valence-corrected chi connectivity index (χ4v) is 2.72. The van der Waals surface area contributed by atoms with Crippen molar-refractivity contribution in [2.45, 2.75) is 25.7 Å². The van der Waals surface area contributed by atoms with Crippen LogP contribution in [0.1, 0.15) is 19.6 Å². The van der Waals surface area contributed by atoms with E-state index in [1.807, 2.05) is 0 Å². The van der Waals surface area contributed by atoms with Crippen LogP contribution in [0.5, 0.6) is 0 Å². The lowest BCUT2D eigenvalue weighted by molar-refractivity contribution is -0.143. The summed E-state index contributed by atoms with van der Waals surface area (Å²) < 4.78 is 12.6. The van der Waals surface area contributed by atoms with Crippen molar-refractivity contribution in [3.8, 4) is 0 Å². The number of nitrogens with two attached hydrogens (primary N) is 2. The highest BCUT2D eigenvalue weighted by Gasteiger charge is 2.37. The summed E-state index contributed by atoms with van der Waals surface area (Å²) in [6.45, 7) is 1.35. The molecule has 1 saturated heterocycles. The van der Waals surface area contributed by atoms with Crippen LogP contribution in [0.4, 0.5) is 11.8 Å². The first-order chi connectivity index (χ1) is 11.0. The number of aromatic nitrogens is 4. The lowest BCUT2D eigenvalue weighted by Gasteiger charge is -2.15. The quantitative estimate of drug-likeness (QED) is 0.629. The summed E-state index contributed by atoms with van der Waals surface area (Å²) in [5, 5.41) is 9.46. The van der Waals surface area contributed by atoms with Gasteiger partial charge in [-0.3, -0.25) is 9.36 Å². The van der Waals surface area contributed by atoms with E-state index in [0.29, 0.717) is 17.6 Å². The number of nitrogens with zero attached hydrogens (tertiary/aromatic N) is 4. The molecule has 3 atom stereocenters. The van der Waals surface area contributed by atoms with Gasteiger partial charge in [-0.1, -0.05) is 0 Å². The van der Waals surface area contributed by atoms with Gasteiger partial charge in [0.15, 0.2) is 11.5 Å². The fraction of sp³-hybridized carbons (Fsp3) is 0.538. The number of aliphatic hydroxyl groups is 1. The standard InChI is InChI=1S/C13H18N6O4/c1-6(21)22-4-7-2-9(23-8(7)3-20)19-5-16-10-11(14)17-13(15)18-12(10)19/h5,7-9,20H,2-4H2,1H3,(H4,14,15,17,18)/t7-,8-,9-/m1/s1. The highest BCUT2D eigenvalue weighted by atomic mass is 16.5. The van der Waals surface area contributed by atoms with Crippen LogP contribution in [0, 0.1) is 5.92 Å².